The number of benzene rings is 1. The number of amides is 2. The average Bonchev–Trinajstić information content (AvgIpc) is 3.26. The molecule has 2 aromatic rings. The van der Waals surface area contributed by atoms with E-state index in [2.05, 4.69) is 20.4 Å². The highest BCUT2D eigenvalue weighted by Crippen LogP contribution is 2.28. The van der Waals surface area contributed by atoms with Gasteiger partial charge in [-0.1, -0.05) is 23.1 Å². The van der Waals surface area contributed by atoms with Gasteiger partial charge in [-0.05, 0) is 24.3 Å². The van der Waals surface area contributed by atoms with E-state index in [9.17, 15) is 18.0 Å². The minimum absolute atomic E-state index is 0.0683. The van der Waals surface area contributed by atoms with Gasteiger partial charge < -0.3 is 15.1 Å². The lowest BCUT2D eigenvalue weighted by molar-refractivity contribution is -0.118. The van der Waals surface area contributed by atoms with E-state index in [4.69, 9.17) is 0 Å². The Morgan fingerprint density at radius 1 is 1.13 bits per heavy atom. The van der Waals surface area contributed by atoms with E-state index in [-0.39, 0.29) is 16.7 Å². The first-order chi connectivity index (χ1) is 14.7. The van der Waals surface area contributed by atoms with E-state index in [1.165, 1.54) is 49.3 Å². The van der Waals surface area contributed by atoms with Gasteiger partial charge in [-0.3, -0.25) is 9.59 Å². The summed E-state index contributed by atoms with van der Waals surface area (Å²) in [5.74, 6) is 0.0935. The number of thioether (sulfide) groups is 1. The minimum atomic E-state index is -3.52. The van der Waals surface area contributed by atoms with Gasteiger partial charge in [-0.15, -0.1) is 10.2 Å². The van der Waals surface area contributed by atoms with Gasteiger partial charge in [0.1, 0.15) is 0 Å². The molecule has 1 saturated heterocycles. The van der Waals surface area contributed by atoms with Crippen LogP contribution >= 0.6 is 23.1 Å². The van der Waals surface area contributed by atoms with Gasteiger partial charge in [0, 0.05) is 52.9 Å². The fraction of sp³-hybridized carbons (Fsp3) is 0.444. The van der Waals surface area contributed by atoms with Crippen molar-refractivity contribution in [1.29, 1.82) is 0 Å². The molecule has 0 unspecified atom stereocenters. The second kappa shape index (κ2) is 9.94. The molecule has 0 saturated carbocycles. The summed E-state index contributed by atoms with van der Waals surface area (Å²) in [4.78, 5) is 28.1. The van der Waals surface area contributed by atoms with Gasteiger partial charge in [-0.2, -0.15) is 0 Å². The van der Waals surface area contributed by atoms with E-state index in [1.54, 1.807) is 24.1 Å². The predicted octanol–water partition coefficient (Wildman–Crippen LogP) is 0.589. The summed E-state index contributed by atoms with van der Waals surface area (Å²) >= 11 is 2.77. The first-order valence-electron chi connectivity index (χ1n) is 9.46. The number of rotatable bonds is 7. The zero-order valence-electron chi connectivity index (χ0n) is 17.4. The molecule has 1 aliphatic rings. The largest absolute Gasteiger partial charge is 0.358 e. The van der Waals surface area contributed by atoms with Crippen molar-refractivity contribution < 1.29 is 18.0 Å². The molecule has 168 valence electrons. The fourth-order valence-corrected chi connectivity index (χ4v) is 5.52. The van der Waals surface area contributed by atoms with Gasteiger partial charge in [-0.25, -0.2) is 12.7 Å². The summed E-state index contributed by atoms with van der Waals surface area (Å²) < 4.78 is 26.2. The summed E-state index contributed by atoms with van der Waals surface area (Å²) in [7, 11) is 1.00. The number of hydrogen-bond acceptors (Lipinski definition) is 9. The van der Waals surface area contributed by atoms with E-state index in [1.807, 2.05) is 0 Å². The van der Waals surface area contributed by atoms with Gasteiger partial charge in [0.25, 0.3) is 5.91 Å². The molecule has 0 radical (unpaired) electrons. The van der Waals surface area contributed by atoms with Crippen LogP contribution in [0, 0.1) is 0 Å². The number of piperazine rings is 1. The molecule has 1 aromatic carbocycles. The van der Waals surface area contributed by atoms with Gasteiger partial charge in [0.2, 0.25) is 21.1 Å². The summed E-state index contributed by atoms with van der Waals surface area (Å²) in [6.07, 6.45) is 0. The number of aromatic nitrogens is 2. The van der Waals surface area contributed by atoms with Crippen molar-refractivity contribution in [2.24, 2.45) is 0 Å². The van der Waals surface area contributed by atoms with Crippen molar-refractivity contribution in [3.8, 4) is 0 Å². The molecule has 1 aliphatic heterocycles. The van der Waals surface area contributed by atoms with Crippen molar-refractivity contribution in [1.82, 2.24) is 24.7 Å². The molecule has 1 N–H and O–H groups in total. The Hall–Kier alpha value is -2.22. The molecular weight excluding hydrogens is 460 g/mol. The number of nitrogens with zero attached hydrogens (tertiary/aromatic N) is 5. The molecule has 2 heterocycles. The predicted molar refractivity (Wildman–Crippen MR) is 120 cm³/mol. The van der Waals surface area contributed by atoms with Crippen LogP contribution < -0.4 is 10.2 Å². The number of anilines is 1. The second-order valence-corrected chi connectivity index (χ2v) is 11.2. The third-order valence-electron chi connectivity index (χ3n) is 4.72. The lowest BCUT2D eigenvalue weighted by atomic mass is 10.2. The Bertz CT molecular complexity index is 1030. The molecule has 2 amide bonds. The third-order valence-corrected chi connectivity index (χ3v) is 8.67. The van der Waals surface area contributed by atoms with Crippen LogP contribution in [-0.2, 0) is 14.8 Å². The first-order valence-corrected chi connectivity index (χ1v) is 12.7. The molecule has 3 rings (SSSR count). The van der Waals surface area contributed by atoms with E-state index < -0.39 is 10.0 Å². The summed E-state index contributed by atoms with van der Waals surface area (Å²) in [6.45, 7) is 2.29. The molecule has 0 bridgehead atoms. The monoisotopic (exact) mass is 484 g/mol. The smallest absolute Gasteiger partial charge is 0.253 e. The third kappa shape index (κ3) is 5.53. The van der Waals surface area contributed by atoms with Crippen LogP contribution in [0.15, 0.2) is 33.5 Å². The lowest BCUT2D eigenvalue weighted by Gasteiger charge is -2.34. The van der Waals surface area contributed by atoms with Gasteiger partial charge in [0.15, 0.2) is 4.34 Å². The van der Waals surface area contributed by atoms with Crippen LogP contribution in [0.4, 0.5) is 5.13 Å². The zero-order valence-corrected chi connectivity index (χ0v) is 19.9. The Labute approximate surface area is 189 Å². The van der Waals surface area contributed by atoms with Crippen LogP contribution in [0.3, 0.4) is 0 Å². The Morgan fingerprint density at radius 2 is 1.77 bits per heavy atom. The molecular formula is C18H24N6O4S3. The van der Waals surface area contributed by atoms with Crippen LogP contribution in [-0.4, -0.2) is 92.7 Å². The zero-order chi connectivity index (χ0) is 22.6. The maximum atomic E-state index is 12.8. The van der Waals surface area contributed by atoms with Crippen LogP contribution in [0.2, 0.25) is 0 Å². The lowest BCUT2D eigenvalue weighted by Crippen LogP contribution is -2.48. The Balaban J connectivity index is 1.56. The maximum Gasteiger partial charge on any atom is 0.253 e. The second-order valence-electron chi connectivity index (χ2n) is 6.90. The first kappa shape index (κ1) is 23.4. The molecule has 0 atom stereocenters. The molecule has 10 nitrogen and oxygen atoms in total. The van der Waals surface area contributed by atoms with Crippen molar-refractivity contribution in [2.45, 2.75) is 9.24 Å². The van der Waals surface area contributed by atoms with E-state index in [0.717, 1.165) is 13.8 Å². The van der Waals surface area contributed by atoms with Crippen LogP contribution in [0.1, 0.15) is 10.4 Å². The number of carbonyl (C=O) groups excluding carboxylic acids is 2. The topological polar surface area (TPSA) is 116 Å². The molecule has 0 spiro atoms. The highest BCUT2D eigenvalue weighted by Gasteiger charge is 2.25. The van der Waals surface area contributed by atoms with Crippen molar-refractivity contribution >= 4 is 50.1 Å². The number of nitrogens with one attached hydrogen (secondary N) is 1. The summed E-state index contributed by atoms with van der Waals surface area (Å²) in [5, 5.41) is 11.6. The number of carbonyl (C=O) groups is 2. The highest BCUT2D eigenvalue weighted by molar-refractivity contribution is 8.01. The Morgan fingerprint density at radius 3 is 2.35 bits per heavy atom. The number of sulfonamides is 1. The normalized spacial score (nSPS) is 14.7. The standard InChI is InChI=1S/C18H24N6O4S3/c1-19-15(25)12-29-18-21-20-17(30-18)24-10-8-23(9-11-24)16(26)13-4-6-14(7-5-13)31(27,28)22(2)3/h4-7H,8-12H2,1-3H3,(H,19,25). The van der Waals surface area contributed by atoms with Crippen LogP contribution in [0.25, 0.3) is 0 Å². The van der Waals surface area contributed by atoms with Gasteiger partial charge >= 0.3 is 0 Å². The van der Waals surface area contributed by atoms with Crippen LogP contribution in [0.5, 0.6) is 0 Å². The summed E-state index contributed by atoms with van der Waals surface area (Å²) in [5.41, 5.74) is 0.454. The number of hydrogen-bond donors (Lipinski definition) is 1. The maximum absolute atomic E-state index is 12.8. The van der Waals surface area contributed by atoms with Crippen molar-refractivity contribution in [2.75, 3.05) is 58.0 Å². The quantitative estimate of drug-likeness (QED) is 0.568. The molecule has 1 aromatic heterocycles. The highest BCUT2D eigenvalue weighted by atomic mass is 32.2. The van der Waals surface area contributed by atoms with E-state index in [0.29, 0.717) is 37.5 Å². The van der Waals surface area contributed by atoms with E-state index >= 15 is 0 Å². The SMILES string of the molecule is CNC(=O)CSc1nnc(N2CCN(C(=O)c3ccc(S(=O)(=O)N(C)C)cc3)CC2)s1. The molecule has 1 fully saturated rings. The summed E-state index contributed by atoms with van der Waals surface area (Å²) in [6, 6.07) is 6.01. The van der Waals surface area contributed by atoms with Gasteiger partial charge in [0.05, 0.1) is 10.6 Å². The molecule has 13 heteroatoms. The molecule has 0 aliphatic carbocycles. The van der Waals surface area contributed by atoms with Crippen molar-refractivity contribution in [3.05, 3.63) is 29.8 Å². The average molecular weight is 485 g/mol. The fourth-order valence-electron chi connectivity index (χ4n) is 2.85. The molecule has 31 heavy (non-hydrogen) atoms. The van der Waals surface area contributed by atoms with Crippen molar-refractivity contribution in [3.63, 3.8) is 0 Å². The Kier molecular flexibility index (Phi) is 7.51. The minimum Gasteiger partial charge on any atom is -0.358 e.